The summed E-state index contributed by atoms with van der Waals surface area (Å²) in [5.41, 5.74) is 2.92. The molecule has 0 aliphatic rings. The topological polar surface area (TPSA) is 68.0 Å². The first-order valence-corrected chi connectivity index (χ1v) is 8.84. The fourth-order valence-electron chi connectivity index (χ4n) is 2.61. The van der Waals surface area contributed by atoms with Crippen LogP contribution in [0, 0.1) is 6.92 Å². The average molecular weight is 370 g/mol. The van der Waals surface area contributed by atoms with Crippen molar-refractivity contribution in [3.8, 4) is 11.5 Å². The Labute approximate surface area is 157 Å². The summed E-state index contributed by atoms with van der Waals surface area (Å²) in [5, 5.41) is 11.6. The number of rotatable bonds is 6. The molecule has 0 aliphatic heterocycles. The molecule has 26 heavy (non-hydrogen) atoms. The smallest absolute Gasteiger partial charge is 0.247 e. The van der Waals surface area contributed by atoms with Gasteiger partial charge in [0.1, 0.15) is 0 Å². The monoisotopic (exact) mass is 369 g/mol. The van der Waals surface area contributed by atoms with Gasteiger partial charge >= 0.3 is 0 Å². The molecule has 0 fully saturated rings. The van der Waals surface area contributed by atoms with E-state index in [-0.39, 0.29) is 18.4 Å². The zero-order chi connectivity index (χ0) is 18.5. The van der Waals surface area contributed by atoms with Crippen molar-refractivity contribution in [3.05, 3.63) is 70.6 Å². The molecule has 1 atom stereocenters. The Hall–Kier alpha value is -2.66. The van der Waals surface area contributed by atoms with Crippen LogP contribution in [0.25, 0.3) is 11.5 Å². The zero-order valence-electron chi connectivity index (χ0n) is 14.7. The van der Waals surface area contributed by atoms with Gasteiger partial charge in [0.25, 0.3) is 0 Å². The molecule has 0 saturated heterocycles. The molecule has 1 N–H and O–H groups in total. The molecule has 1 amide bonds. The molecular weight excluding hydrogens is 350 g/mol. The summed E-state index contributed by atoms with van der Waals surface area (Å²) in [6.45, 7) is 3.92. The summed E-state index contributed by atoms with van der Waals surface area (Å²) < 4.78 is 5.65. The molecule has 0 radical (unpaired) electrons. The second kappa shape index (κ2) is 8.15. The van der Waals surface area contributed by atoms with Crippen molar-refractivity contribution in [1.82, 2.24) is 15.5 Å². The first-order valence-electron chi connectivity index (χ1n) is 8.46. The number of halogens is 1. The number of carbonyl (C=O) groups is 1. The van der Waals surface area contributed by atoms with Gasteiger partial charge in [-0.15, -0.1) is 10.2 Å². The predicted octanol–water partition coefficient (Wildman–Crippen LogP) is 4.51. The van der Waals surface area contributed by atoms with Gasteiger partial charge in [0.2, 0.25) is 17.7 Å². The van der Waals surface area contributed by atoms with E-state index in [4.69, 9.17) is 16.0 Å². The molecule has 3 aromatic rings. The van der Waals surface area contributed by atoms with Crippen molar-refractivity contribution >= 4 is 17.5 Å². The summed E-state index contributed by atoms with van der Waals surface area (Å²) in [6, 6.07) is 15.2. The predicted molar refractivity (Wildman–Crippen MR) is 101 cm³/mol. The number of nitrogens with one attached hydrogen (secondary N) is 1. The molecule has 1 heterocycles. The van der Waals surface area contributed by atoms with Crippen molar-refractivity contribution in [2.24, 2.45) is 0 Å². The van der Waals surface area contributed by atoms with E-state index in [0.29, 0.717) is 23.2 Å². The molecule has 1 unspecified atom stereocenters. The summed E-state index contributed by atoms with van der Waals surface area (Å²) in [5.74, 6) is 0.818. The molecule has 6 heteroatoms. The lowest BCUT2D eigenvalue weighted by Crippen LogP contribution is -2.27. The van der Waals surface area contributed by atoms with Gasteiger partial charge in [-0.1, -0.05) is 47.5 Å². The molecule has 2 aromatic carbocycles. The second-order valence-electron chi connectivity index (χ2n) is 6.18. The van der Waals surface area contributed by atoms with Gasteiger partial charge in [0.15, 0.2) is 0 Å². The quantitative estimate of drug-likeness (QED) is 0.694. The highest BCUT2D eigenvalue weighted by molar-refractivity contribution is 6.31. The molecular formula is C20H20ClN3O2. The molecule has 0 spiro atoms. The Bertz CT molecular complexity index is 890. The van der Waals surface area contributed by atoms with E-state index in [1.807, 2.05) is 62.4 Å². The SMILES string of the molecule is Cc1ccc(-c2nnc(CCC(=O)NC(C)c3ccccc3Cl)o2)cc1. The van der Waals surface area contributed by atoms with Crippen molar-refractivity contribution in [3.63, 3.8) is 0 Å². The Balaban J connectivity index is 1.55. The first kappa shape index (κ1) is 18.1. The van der Waals surface area contributed by atoms with Gasteiger partial charge in [-0.2, -0.15) is 0 Å². The maximum absolute atomic E-state index is 12.2. The van der Waals surface area contributed by atoms with E-state index < -0.39 is 0 Å². The Morgan fingerprint density at radius 3 is 2.62 bits per heavy atom. The fourth-order valence-corrected chi connectivity index (χ4v) is 2.90. The van der Waals surface area contributed by atoms with Crippen LogP contribution in [0.1, 0.15) is 36.4 Å². The summed E-state index contributed by atoms with van der Waals surface area (Å²) in [7, 11) is 0. The number of carbonyl (C=O) groups excluding carboxylic acids is 1. The summed E-state index contributed by atoms with van der Waals surface area (Å²) in [6.07, 6.45) is 0.657. The van der Waals surface area contributed by atoms with Crippen LogP contribution in [0.5, 0.6) is 0 Å². The minimum absolute atomic E-state index is 0.0903. The fraction of sp³-hybridized carbons (Fsp3) is 0.250. The minimum Gasteiger partial charge on any atom is -0.421 e. The van der Waals surface area contributed by atoms with Crippen LogP contribution < -0.4 is 5.32 Å². The maximum Gasteiger partial charge on any atom is 0.247 e. The van der Waals surface area contributed by atoms with E-state index in [2.05, 4.69) is 15.5 Å². The molecule has 0 saturated carbocycles. The van der Waals surface area contributed by atoms with Crippen molar-refractivity contribution < 1.29 is 9.21 Å². The number of nitrogens with zero attached hydrogens (tertiary/aromatic N) is 2. The van der Waals surface area contributed by atoms with E-state index in [1.54, 1.807) is 0 Å². The van der Waals surface area contributed by atoms with Gasteiger partial charge < -0.3 is 9.73 Å². The van der Waals surface area contributed by atoms with Gasteiger partial charge in [-0.05, 0) is 37.6 Å². The van der Waals surface area contributed by atoms with Gasteiger partial charge in [-0.3, -0.25) is 4.79 Å². The van der Waals surface area contributed by atoms with Crippen molar-refractivity contribution in [1.29, 1.82) is 0 Å². The minimum atomic E-state index is -0.165. The summed E-state index contributed by atoms with van der Waals surface area (Å²) >= 11 is 6.16. The lowest BCUT2D eigenvalue weighted by molar-refractivity contribution is -0.121. The molecule has 5 nitrogen and oxygen atoms in total. The Kier molecular flexibility index (Phi) is 5.68. The lowest BCUT2D eigenvalue weighted by Gasteiger charge is -2.15. The van der Waals surface area contributed by atoms with Crippen LogP contribution in [0.2, 0.25) is 5.02 Å². The van der Waals surface area contributed by atoms with Crippen molar-refractivity contribution in [2.45, 2.75) is 32.7 Å². The molecule has 3 rings (SSSR count). The number of aromatic nitrogens is 2. The summed E-state index contributed by atoms with van der Waals surface area (Å²) in [4.78, 5) is 12.2. The third kappa shape index (κ3) is 4.49. The Morgan fingerprint density at radius 2 is 1.88 bits per heavy atom. The van der Waals surface area contributed by atoms with Crippen LogP contribution in [0.4, 0.5) is 0 Å². The largest absolute Gasteiger partial charge is 0.421 e. The highest BCUT2D eigenvalue weighted by atomic mass is 35.5. The van der Waals surface area contributed by atoms with E-state index in [0.717, 1.165) is 16.7 Å². The number of aryl methyl sites for hydroxylation is 2. The van der Waals surface area contributed by atoms with Crippen LogP contribution >= 0.6 is 11.6 Å². The lowest BCUT2D eigenvalue weighted by atomic mass is 10.1. The number of amides is 1. The maximum atomic E-state index is 12.2. The highest BCUT2D eigenvalue weighted by Gasteiger charge is 2.14. The average Bonchev–Trinajstić information content (AvgIpc) is 3.10. The van der Waals surface area contributed by atoms with Crippen molar-refractivity contribution in [2.75, 3.05) is 0 Å². The molecule has 1 aromatic heterocycles. The van der Waals surface area contributed by atoms with Gasteiger partial charge in [-0.25, -0.2) is 0 Å². The number of hydrogen-bond acceptors (Lipinski definition) is 4. The van der Waals surface area contributed by atoms with Crippen LogP contribution in [-0.2, 0) is 11.2 Å². The van der Waals surface area contributed by atoms with E-state index in [9.17, 15) is 4.79 Å². The zero-order valence-corrected chi connectivity index (χ0v) is 15.5. The third-order valence-corrected chi connectivity index (χ3v) is 4.42. The Morgan fingerprint density at radius 1 is 1.15 bits per heavy atom. The van der Waals surface area contributed by atoms with Crippen LogP contribution in [0.3, 0.4) is 0 Å². The third-order valence-electron chi connectivity index (χ3n) is 4.08. The number of benzene rings is 2. The van der Waals surface area contributed by atoms with Crippen LogP contribution in [-0.4, -0.2) is 16.1 Å². The van der Waals surface area contributed by atoms with E-state index in [1.165, 1.54) is 0 Å². The second-order valence-corrected chi connectivity index (χ2v) is 6.58. The number of hydrogen-bond donors (Lipinski definition) is 1. The van der Waals surface area contributed by atoms with E-state index >= 15 is 0 Å². The highest BCUT2D eigenvalue weighted by Crippen LogP contribution is 2.22. The molecule has 0 aliphatic carbocycles. The van der Waals surface area contributed by atoms with Crippen LogP contribution in [0.15, 0.2) is 52.9 Å². The van der Waals surface area contributed by atoms with Gasteiger partial charge in [0.05, 0.1) is 6.04 Å². The first-order chi connectivity index (χ1) is 12.5. The molecule has 134 valence electrons. The van der Waals surface area contributed by atoms with Gasteiger partial charge in [0, 0.05) is 23.4 Å². The standard InChI is InChI=1S/C20H20ClN3O2/c1-13-7-9-15(10-8-13)20-24-23-19(26-20)12-11-18(25)22-14(2)16-5-3-4-6-17(16)21/h3-10,14H,11-12H2,1-2H3,(H,22,25). The normalized spacial score (nSPS) is 12.0. The molecule has 0 bridgehead atoms.